The van der Waals surface area contributed by atoms with Crippen molar-refractivity contribution in [1.82, 2.24) is 0 Å². The molecular weight excluding hydrogens is 567 g/mol. The van der Waals surface area contributed by atoms with Gasteiger partial charge >= 0.3 is 0 Å². The number of anilines is 3. The molecular formula is C46H31N. The summed E-state index contributed by atoms with van der Waals surface area (Å²) in [6, 6.07) is 68.2. The fourth-order valence-electron chi connectivity index (χ4n) is 7.11. The summed E-state index contributed by atoms with van der Waals surface area (Å²) in [5, 5.41) is 10.3. The molecule has 9 aromatic rings. The van der Waals surface area contributed by atoms with E-state index in [0.29, 0.717) is 0 Å². The first-order valence-electron chi connectivity index (χ1n) is 16.2. The lowest BCUT2D eigenvalue weighted by Gasteiger charge is -2.26. The summed E-state index contributed by atoms with van der Waals surface area (Å²) in [5.41, 5.74) is 8.19. The topological polar surface area (TPSA) is 3.24 Å². The van der Waals surface area contributed by atoms with E-state index in [0.717, 1.165) is 17.1 Å². The largest absolute Gasteiger partial charge is 0.310 e. The van der Waals surface area contributed by atoms with Crippen LogP contribution in [-0.2, 0) is 0 Å². The molecule has 0 aliphatic carbocycles. The molecule has 0 heterocycles. The molecule has 0 aromatic heterocycles. The zero-order chi connectivity index (χ0) is 31.2. The third-order valence-corrected chi connectivity index (χ3v) is 9.40. The molecule has 1 nitrogen and oxygen atoms in total. The van der Waals surface area contributed by atoms with E-state index in [1.165, 1.54) is 65.3 Å². The number of benzene rings is 9. The standard InChI is InChI=1S/C46H31N/c1-2-14-38(15-3-1)47(40-16-10-13-35(30-40)36-22-21-32-11-4-5-12-34(32)29-36)39-26-23-33(24-27-39)37-25-28-45-43-19-7-6-17-41(43)42-18-8-9-20-44(42)46(45)31-37/h1-31H. The van der Waals surface area contributed by atoms with Crippen LogP contribution in [0.3, 0.4) is 0 Å². The molecule has 9 rings (SSSR count). The Labute approximate surface area is 274 Å². The Morgan fingerprint density at radius 3 is 1.45 bits per heavy atom. The van der Waals surface area contributed by atoms with Gasteiger partial charge in [0.05, 0.1) is 0 Å². The Morgan fingerprint density at radius 1 is 0.234 bits per heavy atom. The maximum Gasteiger partial charge on any atom is 0.0467 e. The number of hydrogen-bond acceptors (Lipinski definition) is 1. The van der Waals surface area contributed by atoms with Crippen molar-refractivity contribution in [2.45, 2.75) is 0 Å². The third-order valence-electron chi connectivity index (χ3n) is 9.40. The molecule has 0 atom stereocenters. The van der Waals surface area contributed by atoms with Gasteiger partial charge in [0.1, 0.15) is 0 Å². The van der Waals surface area contributed by atoms with Gasteiger partial charge in [-0.1, -0.05) is 140 Å². The van der Waals surface area contributed by atoms with Crippen molar-refractivity contribution < 1.29 is 0 Å². The lowest BCUT2D eigenvalue weighted by Crippen LogP contribution is -2.09. The molecule has 0 aliphatic rings. The minimum atomic E-state index is 1.12. The van der Waals surface area contributed by atoms with Crippen LogP contribution in [0, 0.1) is 0 Å². The molecule has 0 bridgehead atoms. The van der Waals surface area contributed by atoms with Gasteiger partial charge < -0.3 is 4.90 Å². The Balaban J connectivity index is 1.13. The molecule has 9 aromatic carbocycles. The quantitative estimate of drug-likeness (QED) is 0.178. The van der Waals surface area contributed by atoms with Crippen LogP contribution in [0.5, 0.6) is 0 Å². The van der Waals surface area contributed by atoms with E-state index < -0.39 is 0 Å². The second-order valence-corrected chi connectivity index (χ2v) is 12.2. The molecule has 47 heavy (non-hydrogen) atoms. The zero-order valence-corrected chi connectivity index (χ0v) is 25.8. The molecule has 0 spiro atoms. The molecule has 0 saturated carbocycles. The van der Waals surface area contributed by atoms with Crippen molar-refractivity contribution >= 4 is 60.2 Å². The highest BCUT2D eigenvalue weighted by Crippen LogP contribution is 2.40. The van der Waals surface area contributed by atoms with Crippen molar-refractivity contribution in [2.75, 3.05) is 4.90 Å². The van der Waals surface area contributed by atoms with E-state index >= 15 is 0 Å². The first-order chi connectivity index (χ1) is 23.3. The summed E-state index contributed by atoms with van der Waals surface area (Å²) in [6.45, 7) is 0. The number of hydrogen-bond donors (Lipinski definition) is 0. The molecule has 0 unspecified atom stereocenters. The van der Waals surface area contributed by atoms with Crippen molar-refractivity contribution in [2.24, 2.45) is 0 Å². The lowest BCUT2D eigenvalue weighted by atomic mass is 9.92. The summed E-state index contributed by atoms with van der Waals surface area (Å²) in [7, 11) is 0. The number of rotatable bonds is 5. The van der Waals surface area contributed by atoms with Crippen LogP contribution >= 0.6 is 0 Å². The molecule has 1 heteroatoms. The molecule has 0 N–H and O–H groups in total. The predicted octanol–water partition coefficient (Wildman–Crippen LogP) is 13.1. The van der Waals surface area contributed by atoms with Gasteiger partial charge in [-0.3, -0.25) is 0 Å². The average Bonchev–Trinajstić information content (AvgIpc) is 3.15. The highest BCUT2D eigenvalue weighted by atomic mass is 15.1. The summed E-state index contributed by atoms with van der Waals surface area (Å²) in [6.07, 6.45) is 0. The number of nitrogens with zero attached hydrogens (tertiary/aromatic N) is 1. The van der Waals surface area contributed by atoms with E-state index in [-0.39, 0.29) is 0 Å². The summed E-state index contributed by atoms with van der Waals surface area (Å²) < 4.78 is 0. The summed E-state index contributed by atoms with van der Waals surface area (Å²) in [5.74, 6) is 0. The molecule has 0 amide bonds. The first-order valence-corrected chi connectivity index (χ1v) is 16.2. The Kier molecular flexibility index (Phi) is 6.54. The summed E-state index contributed by atoms with van der Waals surface area (Å²) >= 11 is 0. The predicted molar refractivity (Wildman–Crippen MR) is 202 cm³/mol. The van der Waals surface area contributed by atoms with Crippen LogP contribution in [0.2, 0.25) is 0 Å². The lowest BCUT2D eigenvalue weighted by molar-refractivity contribution is 1.28. The van der Waals surface area contributed by atoms with E-state index in [1.54, 1.807) is 0 Å². The normalized spacial score (nSPS) is 11.4. The van der Waals surface area contributed by atoms with Gasteiger partial charge in [0, 0.05) is 17.1 Å². The van der Waals surface area contributed by atoms with Gasteiger partial charge in [-0.2, -0.15) is 0 Å². The van der Waals surface area contributed by atoms with Crippen molar-refractivity contribution in [3.8, 4) is 22.3 Å². The third kappa shape index (κ3) is 4.81. The minimum Gasteiger partial charge on any atom is -0.310 e. The van der Waals surface area contributed by atoms with Crippen molar-refractivity contribution in [3.05, 3.63) is 188 Å². The Bertz CT molecular complexity index is 2530. The molecule has 220 valence electrons. The average molecular weight is 598 g/mol. The van der Waals surface area contributed by atoms with Crippen molar-refractivity contribution in [1.29, 1.82) is 0 Å². The zero-order valence-electron chi connectivity index (χ0n) is 25.8. The van der Waals surface area contributed by atoms with Crippen LogP contribution in [0.1, 0.15) is 0 Å². The first kappa shape index (κ1) is 27.2. The van der Waals surface area contributed by atoms with Crippen LogP contribution in [0.4, 0.5) is 17.1 Å². The molecule has 0 saturated heterocycles. The fourth-order valence-corrected chi connectivity index (χ4v) is 7.11. The highest BCUT2D eigenvalue weighted by Gasteiger charge is 2.15. The molecule has 0 radical (unpaired) electrons. The second-order valence-electron chi connectivity index (χ2n) is 12.2. The van der Waals surface area contributed by atoms with E-state index in [1.807, 2.05) is 0 Å². The van der Waals surface area contributed by atoms with Gasteiger partial charge in [0.25, 0.3) is 0 Å². The monoisotopic (exact) mass is 597 g/mol. The molecule has 0 fully saturated rings. The molecule has 0 aliphatic heterocycles. The van der Waals surface area contributed by atoms with E-state index in [9.17, 15) is 0 Å². The van der Waals surface area contributed by atoms with Gasteiger partial charge in [-0.15, -0.1) is 0 Å². The Morgan fingerprint density at radius 2 is 0.723 bits per heavy atom. The smallest absolute Gasteiger partial charge is 0.0467 e. The van der Waals surface area contributed by atoms with E-state index in [2.05, 4.69) is 193 Å². The van der Waals surface area contributed by atoms with Gasteiger partial charge in [0.2, 0.25) is 0 Å². The fraction of sp³-hybridized carbons (Fsp3) is 0. The van der Waals surface area contributed by atoms with Crippen molar-refractivity contribution in [3.63, 3.8) is 0 Å². The maximum absolute atomic E-state index is 2.36. The van der Waals surface area contributed by atoms with Gasteiger partial charge in [-0.05, 0) is 114 Å². The Hall–Kier alpha value is -6.18. The van der Waals surface area contributed by atoms with Crippen LogP contribution in [0.15, 0.2) is 188 Å². The van der Waals surface area contributed by atoms with Crippen LogP contribution in [0.25, 0.3) is 65.3 Å². The van der Waals surface area contributed by atoms with E-state index in [4.69, 9.17) is 0 Å². The van der Waals surface area contributed by atoms with Crippen LogP contribution < -0.4 is 4.90 Å². The number of para-hydroxylation sites is 1. The van der Waals surface area contributed by atoms with Gasteiger partial charge in [-0.25, -0.2) is 0 Å². The summed E-state index contributed by atoms with van der Waals surface area (Å²) in [4.78, 5) is 2.34. The SMILES string of the molecule is c1ccc(N(c2ccc(-c3ccc4c5ccccc5c5ccccc5c4c3)cc2)c2cccc(-c3ccc4ccccc4c3)c2)cc1. The maximum atomic E-state index is 2.36. The van der Waals surface area contributed by atoms with Gasteiger partial charge in [0.15, 0.2) is 0 Å². The minimum absolute atomic E-state index is 1.12. The van der Waals surface area contributed by atoms with Crippen LogP contribution in [-0.4, -0.2) is 0 Å². The second kappa shape index (κ2) is 11.3. The highest BCUT2D eigenvalue weighted by molar-refractivity contribution is 6.25. The number of fused-ring (bicyclic) bond motifs is 7.